The molecule has 0 spiro atoms. The van der Waals surface area contributed by atoms with Crippen molar-refractivity contribution >= 4 is 27.5 Å². The first-order valence-electron chi connectivity index (χ1n) is 8.76. The molecule has 0 bridgehead atoms. The van der Waals surface area contributed by atoms with Gasteiger partial charge in [0.2, 0.25) is 0 Å². The molecule has 0 heterocycles. The maximum atomic E-state index is 13.2. The fraction of sp³-hybridized carbons (Fsp3) is 0.400. The highest BCUT2D eigenvalue weighted by Crippen LogP contribution is 2.35. The van der Waals surface area contributed by atoms with Crippen LogP contribution in [0.3, 0.4) is 0 Å². The monoisotopic (exact) mass is 459 g/mol. The van der Waals surface area contributed by atoms with Crippen LogP contribution in [0.25, 0.3) is 0 Å². The number of rotatable bonds is 11. The summed E-state index contributed by atoms with van der Waals surface area (Å²) < 4.78 is 30.8. The molecular formula is C20H24BrClFNO3. The zero-order chi connectivity index (χ0) is 19.6. The third-order valence-electron chi connectivity index (χ3n) is 3.83. The first kappa shape index (κ1) is 22.0. The highest BCUT2D eigenvalue weighted by molar-refractivity contribution is 9.10. The van der Waals surface area contributed by atoms with Gasteiger partial charge in [0.05, 0.1) is 11.6 Å². The topological polar surface area (TPSA) is 39.7 Å². The smallest absolute Gasteiger partial charge is 0.162 e. The molecule has 0 fully saturated rings. The Morgan fingerprint density at radius 2 is 1.89 bits per heavy atom. The quantitative estimate of drug-likeness (QED) is 0.459. The van der Waals surface area contributed by atoms with E-state index in [1.54, 1.807) is 13.2 Å². The van der Waals surface area contributed by atoms with E-state index in [4.69, 9.17) is 25.8 Å². The fourth-order valence-corrected chi connectivity index (χ4v) is 3.14. The van der Waals surface area contributed by atoms with E-state index in [0.29, 0.717) is 35.2 Å². The summed E-state index contributed by atoms with van der Waals surface area (Å²) in [5.74, 6) is 0.892. The second kappa shape index (κ2) is 11.5. The van der Waals surface area contributed by atoms with Crippen molar-refractivity contribution in [2.45, 2.75) is 26.5 Å². The minimum absolute atomic E-state index is 0.222. The van der Waals surface area contributed by atoms with Gasteiger partial charge in [-0.2, -0.15) is 0 Å². The van der Waals surface area contributed by atoms with Gasteiger partial charge in [-0.05, 0) is 49.7 Å². The molecule has 2 aromatic carbocycles. The molecule has 0 amide bonds. The molecule has 148 valence electrons. The molecule has 2 aromatic rings. The lowest BCUT2D eigenvalue weighted by Crippen LogP contribution is -2.16. The number of halogens is 3. The van der Waals surface area contributed by atoms with Gasteiger partial charge in [-0.1, -0.05) is 33.6 Å². The average Bonchev–Trinajstić information content (AvgIpc) is 2.63. The lowest BCUT2D eigenvalue weighted by Gasteiger charge is -2.16. The van der Waals surface area contributed by atoms with Crippen LogP contribution < -0.4 is 14.8 Å². The zero-order valence-electron chi connectivity index (χ0n) is 15.5. The van der Waals surface area contributed by atoms with E-state index in [-0.39, 0.29) is 12.4 Å². The Labute approximate surface area is 173 Å². The maximum Gasteiger partial charge on any atom is 0.162 e. The summed E-state index contributed by atoms with van der Waals surface area (Å²) in [4.78, 5) is 0. The zero-order valence-corrected chi connectivity index (χ0v) is 17.8. The van der Waals surface area contributed by atoms with Crippen LogP contribution in [0, 0.1) is 5.82 Å². The fourth-order valence-electron chi connectivity index (χ4n) is 2.45. The number of benzene rings is 2. The minimum Gasteiger partial charge on any atom is -0.490 e. The van der Waals surface area contributed by atoms with Crippen LogP contribution in [0.15, 0.2) is 34.8 Å². The van der Waals surface area contributed by atoms with Crippen LogP contribution in [-0.2, 0) is 17.9 Å². The van der Waals surface area contributed by atoms with Crippen molar-refractivity contribution in [2.24, 2.45) is 0 Å². The summed E-state index contributed by atoms with van der Waals surface area (Å²) in [7, 11) is 1.70. The van der Waals surface area contributed by atoms with Crippen LogP contribution in [-0.4, -0.2) is 26.9 Å². The molecule has 2 rings (SSSR count). The van der Waals surface area contributed by atoms with Crippen LogP contribution in [0.2, 0.25) is 5.02 Å². The molecule has 4 nitrogen and oxygen atoms in total. The van der Waals surface area contributed by atoms with E-state index in [2.05, 4.69) is 21.2 Å². The van der Waals surface area contributed by atoms with E-state index in [0.717, 1.165) is 29.6 Å². The van der Waals surface area contributed by atoms with E-state index in [1.807, 2.05) is 19.1 Å². The van der Waals surface area contributed by atoms with Crippen LogP contribution in [0.4, 0.5) is 4.39 Å². The van der Waals surface area contributed by atoms with Crippen molar-refractivity contribution in [3.63, 3.8) is 0 Å². The summed E-state index contributed by atoms with van der Waals surface area (Å²) in [5, 5.41) is 3.71. The van der Waals surface area contributed by atoms with Crippen LogP contribution >= 0.6 is 27.5 Å². The first-order chi connectivity index (χ1) is 13.0. The molecule has 27 heavy (non-hydrogen) atoms. The summed E-state index contributed by atoms with van der Waals surface area (Å²) in [6.45, 7) is 4.97. The van der Waals surface area contributed by atoms with E-state index in [1.165, 1.54) is 12.1 Å². The Kier molecular flexibility index (Phi) is 9.34. The number of nitrogens with one attached hydrogen (secondary N) is 1. The van der Waals surface area contributed by atoms with Crippen LogP contribution in [0.1, 0.15) is 24.5 Å². The molecule has 1 N–H and O–H groups in total. The molecule has 0 radical (unpaired) electrons. The second-order valence-electron chi connectivity index (χ2n) is 5.87. The van der Waals surface area contributed by atoms with E-state index in [9.17, 15) is 4.39 Å². The van der Waals surface area contributed by atoms with Gasteiger partial charge in [-0.25, -0.2) is 4.39 Å². The average molecular weight is 461 g/mol. The van der Waals surface area contributed by atoms with Gasteiger partial charge in [0.25, 0.3) is 0 Å². The molecule has 0 saturated carbocycles. The number of ether oxygens (including phenoxy) is 3. The summed E-state index contributed by atoms with van der Waals surface area (Å²) >= 11 is 9.66. The molecule has 0 aliphatic heterocycles. The largest absolute Gasteiger partial charge is 0.490 e. The number of hydrogen-bond acceptors (Lipinski definition) is 4. The van der Waals surface area contributed by atoms with Crippen molar-refractivity contribution < 1.29 is 18.6 Å². The summed E-state index contributed by atoms with van der Waals surface area (Å²) in [6, 6.07) is 8.10. The molecule has 7 heteroatoms. The van der Waals surface area contributed by atoms with Gasteiger partial charge in [-0.3, -0.25) is 0 Å². The molecular weight excluding hydrogens is 437 g/mol. The normalized spacial score (nSPS) is 10.9. The molecule has 0 atom stereocenters. The molecule has 0 saturated heterocycles. The van der Waals surface area contributed by atoms with Crippen molar-refractivity contribution in [2.75, 3.05) is 26.9 Å². The lowest BCUT2D eigenvalue weighted by molar-refractivity contribution is 0.194. The van der Waals surface area contributed by atoms with E-state index >= 15 is 0 Å². The SMILES string of the molecule is CCOc1cc(CNCCCOC)c(Br)cc1OCc1ccc(F)cc1Cl. The Morgan fingerprint density at radius 3 is 2.59 bits per heavy atom. The Hall–Kier alpha value is -1.34. The molecule has 0 aliphatic rings. The summed E-state index contributed by atoms with van der Waals surface area (Å²) in [5.41, 5.74) is 1.78. The Morgan fingerprint density at radius 1 is 1.11 bits per heavy atom. The van der Waals surface area contributed by atoms with Gasteiger partial charge in [0.1, 0.15) is 12.4 Å². The highest BCUT2D eigenvalue weighted by Gasteiger charge is 2.12. The molecule has 0 aliphatic carbocycles. The lowest BCUT2D eigenvalue weighted by atomic mass is 10.2. The predicted molar refractivity (Wildman–Crippen MR) is 109 cm³/mol. The Bertz CT molecular complexity index is 745. The first-order valence-corrected chi connectivity index (χ1v) is 9.93. The molecule has 0 aromatic heterocycles. The third kappa shape index (κ3) is 6.96. The Balaban J connectivity index is 2.07. The van der Waals surface area contributed by atoms with Gasteiger partial charge in [0.15, 0.2) is 11.5 Å². The van der Waals surface area contributed by atoms with Crippen molar-refractivity contribution in [1.82, 2.24) is 5.32 Å². The maximum absolute atomic E-state index is 13.2. The van der Waals surface area contributed by atoms with E-state index < -0.39 is 0 Å². The van der Waals surface area contributed by atoms with Gasteiger partial charge in [-0.15, -0.1) is 0 Å². The third-order valence-corrected chi connectivity index (χ3v) is 4.92. The van der Waals surface area contributed by atoms with Crippen molar-refractivity contribution in [1.29, 1.82) is 0 Å². The van der Waals surface area contributed by atoms with Crippen molar-refractivity contribution in [3.8, 4) is 11.5 Å². The van der Waals surface area contributed by atoms with Gasteiger partial charge >= 0.3 is 0 Å². The van der Waals surface area contributed by atoms with Crippen LogP contribution in [0.5, 0.6) is 11.5 Å². The van der Waals surface area contributed by atoms with Gasteiger partial charge < -0.3 is 19.5 Å². The number of methoxy groups -OCH3 is 1. The minimum atomic E-state index is -0.371. The molecule has 0 unspecified atom stereocenters. The number of hydrogen-bond donors (Lipinski definition) is 1. The van der Waals surface area contributed by atoms with Gasteiger partial charge in [0, 0.05) is 30.3 Å². The van der Waals surface area contributed by atoms with Crippen molar-refractivity contribution in [3.05, 3.63) is 56.8 Å². The summed E-state index contributed by atoms with van der Waals surface area (Å²) in [6.07, 6.45) is 0.950. The highest BCUT2D eigenvalue weighted by atomic mass is 79.9. The standard InChI is InChI=1S/C20H24BrClFNO3/c1-3-26-19-9-15(12-24-7-4-8-25-2)17(21)11-20(19)27-13-14-5-6-16(23)10-18(14)22/h5-6,9-11,24H,3-4,7-8,12-13H2,1-2H3. The predicted octanol–water partition coefficient (Wildman–Crippen LogP) is 5.35. The second-order valence-corrected chi connectivity index (χ2v) is 7.13.